The van der Waals surface area contributed by atoms with E-state index in [0.717, 1.165) is 25.5 Å². The fourth-order valence-corrected chi connectivity index (χ4v) is 3.09. The molecule has 0 aliphatic carbocycles. The molecule has 0 radical (unpaired) electrons. The molecule has 3 heterocycles. The number of morpholine rings is 1. The maximum Gasteiger partial charge on any atom is 0.435 e. The molecule has 5 nitrogen and oxygen atoms in total. The minimum atomic E-state index is -4.47. The molecule has 1 aromatic heterocycles. The number of hydrogen-bond donors (Lipinski definition) is 0. The van der Waals surface area contributed by atoms with E-state index in [9.17, 15) is 13.2 Å². The van der Waals surface area contributed by atoms with E-state index in [4.69, 9.17) is 9.47 Å². The molecule has 2 aliphatic heterocycles. The van der Waals surface area contributed by atoms with Crippen molar-refractivity contribution < 1.29 is 22.6 Å². The third kappa shape index (κ3) is 3.17. The highest BCUT2D eigenvalue weighted by Gasteiger charge is 2.42. The lowest BCUT2D eigenvalue weighted by Crippen LogP contribution is -2.58. The first-order valence-electron chi connectivity index (χ1n) is 7.29. The number of nitrogens with zero attached hydrogens (tertiary/aromatic N) is 3. The molecule has 3 rings (SSSR count). The summed E-state index contributed by atoms with van der Waals surface area (Å²) in [5.41, 5.74) is -1.38. The van der Waals surface area contributed by atoms with Gasteiger partial charge < -0.3 is 14.4 Å². The molecule has 22 heavy (non-hydrogen) atoms. The van der Waals surface area contributed by atoms with Gasteiger partial charge in [-0.3, -0.25) is 0 Å². The Hall–Kier alpha value is -1.41. The van der Waals surface area contributed by atoms with E-state index in [1.807, 2.05) is 11.8 Å². The lowest BCUT2D eigenvalue weighted by molar-refractivity contribution is -0.160. The first-order valence-corrected chi connectivity index (χ1v) is 7.29. The zero-order chi connectivity index (χ0) is 15.8. The average molecular weight is 317 g/mol. The van der Waals surface area contributed by atoms with Crippen molar-refractivity contribution in [3.05, 3.63) is 17.8 Å². The van der Waals surface area contributed by atoms with E-state index in [-0.39, 0.29) is 6.10 Å². The van der Waals surface area contributed by atoms with Crippen molar-refractivity contribution in [1.29, 1.82) is 0 Å². The Morgan fingerprint density at radius 2 is 2.14 bits per heavy atom. The lowest BCUT2D eigenvalue weighted by atomic mass is 9.93. The Morgan fingerprint density at radius 1 is 1.32 bits per heavy atom. The topological polar surface area (TPSA) is 47.5 Å². The summed E-state index contributed by atoms with van der Waals surface area (Å²) in [6.07, 6.45) is -2.72. The van der Waals surface area contributed by atoms with E-state index in [1.54, 1.807) is 0 Å². The molecular weight excluding hydrogens is 299 g/mol. The Morgan fingerprint density at radius 3 is 2.73 bits per heavy atom. The van der Waals surface area contributed by atoms with Gasteiger partial charge in [0.25, 0.3) is 0 Å². The van der Waals surface area contributed by atoms with E-state index in [0.29, 0.717) is 25.5 Å². The highest BCUT2D eigenvalue weighted by atomic mass is 19.4. The fourth-order valence-electron chi connectivity index (χ4n) is 3.09. The van der Waals surface area contributed by atoms with Crippen molar-refractivity contribution >= 4 is 5.82 Å². The minimum Gasteiger partial charge on any atom is -0.378 e. The summed E-state index contributed by atoms with van der Waals surface area (Å²) in [6.45, 7) is 4.29. The van der Waals surface area contributed by atoms with Gasteiger partial charge in [-0.2, -0.15) is 13.2 Å². The molecule has 1 spiro atoms. The van der Waals surface area contributed by atoms with Crippen molar-refractivity contribution in [2.75, 3.05) is 31.2 Å². The summed E-state index contributed by atoms with van der Waals surface area (Å²) in [5, 5.41) is 7.04. The number of anilines is 1. The molecule has 0 unspecified atom stereocenters. The van der Waals surface area contributed by atoms with Crippen LogP contribution in [0.25, 0.3) is 0 Å². The van der Waals surface area contributed by atoms with Gasteiger partial charge in [-0.25, -0.2) is 0 Å². The molecule has 8 heteroatoms. The van der Waals surface area contributed by atoms with E-state index < -0.39 is 17.5 Å². The fraction of sp³-hybridized carbons (Fsp3) is 0.714. The summed E-state index contributed by atoms with van der Waals surface area (Å²) in [4.78, 5) is 1.93. The van der Waals surface area contributed by atoms with Gasteiger partial charge in [-0.1, -0.05) is 0 Å². The zero-order valence-electron chi connectivity index (χ0n) is 12.3. The zero-order valence-corrected chi connectivity index (χ0v) is 12.3. The molecule has 2 atom stereocenters. The monoisotopic (exact) mass is 317 g/mol. The smallest absolute Gasteiger partial charge is 0.378 e. The van der Waals surface area contributed by atoms with Gasteiger partial charge >= 0.3 is 6.18 Å². The van der Waals surface area contributed by atoms with Crippen molar-refractivity contribution in [2.45, 2.75) is 37.6 Å². The Labute approximate surface area is 126 Å². The maximum atomic E-state index is 12.6. The minimum absolute atomic E-state index is 0.0421. The number of hydrogen-bond acceptors (Lipinski definition) is 5. The van der Waals surface area contributed by atoms with Crippen LogP contribution in [-0.4, -0.2) is 48.2 Å². The van der Waals surface area contributed by atoms with Crippen LogP contribution in [0.15, 0.2) is 12.1 Å². The molecule has 0 amide bonds. The number of alkyl halides is 3. The summed E-state index contributed by atoms with van der Waals surface area (Å²) < 4.78 is 49.2. The normalized spacial score (nSPS) is 29.8. The van der Waals surface area contributed by atoms with Crippen LogP contribution in [0.1, 0.15) is 25.5 Å². The van der Waals surface area contributed by atoms with Gasteiger partial charge in [-0.15, -0.1) is 10.2 Å². The second kappa shape index (κ2) is 5.66. The third-order valence-corrected chi connectivity index (χ3v) is 3.96. The van der Waals surface area contributed by atoms with Crippen molar-refractivity contribution in [2.24, 2.45) is 0 Å². The first kappa shape index (κ1) is 15.5. The number of halogens is 3. The number of rotatable bonds is 1. The highest BCUT2D eigenvalue weighted by Crippen LogP contribution is 2.32. The number of ether oxygens (including phenoxy) is 2. The van der Waals surface area contributed by atoms with Gasteiger partial charge in [0.2, 0.25) is 0 Å². The van der Waals surface area contributed by atoms with Gasteiger partial charge in [-0.05, 0) is 31.9 Å². The van der Waals surface area contributed by atoms with E-state index in [2.05, 4.69) is 10.2 Å². The average Bonchev–Trinajstić information content (AvgIpc) is 2.46. The molecule has 2 fully saturated rings. The first-order chi connectivity index (χ1) is 10.4. The van der Waals surface area contributed by atoms with Crippen molar-refractivity contribution in [3.63, 3.8) is 0 Å². The van der Waals surface area contributed by atoms with Crippen LogP contribution < -0.4 is 4.90 Å². The largest absolute Gasteiger partial charge is 0.435 e. The van der Waals surface area contributed by atoms with Crippen LogP contribution in [0.2, 0.25) is 0 Å². The quantitative estimate of drug-likeness (QED) is 0.795. The summed E-state index contributed by atoms with van der Waals surface area (Å²) in [5.74, 6) is 0.438. The third-order valence-electron chi connectivity index (χ3n) is 3.96. The Bertz CT molecular complexity index is 515. The molecule has 122 valence electrons. The van der Waals surface area contributed by atoms with Crippen LogP contribution in [0.3, 0.4) is 0 Å². The standard InChI is InChI=1S/C14H18F3N3O2/c1-10-7-20(8-13(22-10)5-2-6-21-9-13)12-4-3-11(18-19-12)14(15,16)17/h3-4,10H,2,5-9H2,1H3/t10-,13+/m0/s1. The Balaban J connectivity index is 1.78. The SMILES string of the molecule is C[C@H]1CN(c2ccc(C(F)(F)F)nn2)C[C@@]2(CCCOC2)O1. The Kier molecular flexibility index (Phi) is 3.98. The van der Waals surface area contributed by atoms with E-state index in [1.165, 1.54) is 6.07 Å². The predicted octanol–water partition coefficient (Wildman–Crippen LogP) is 2.27. The van der Waals surface area contributed by atoms with Gasteiger partial charge in [0, 0.05) is 13.2 Å². The number of aromatic nitrogens is 2. The van der Waals surface area contributed by atoms with Crippen LogP contribution >= 0.6 is 0 Å². The van der Waals surface area contributed by atoms with Crippen molar-refractivity contribution in [1.82, 2.24) is 10.2 Å². The summed E-state index contributed by atoms with van der Waals surface area (Å²) in [7, 11) is 0. The van der Waals surface area contributed by atoms with Crippen LogP contribution in [-0.2, 0) is 15.7 Å². The summed E-state index contributed by atoms with van der Waals surface area (Å²) >= 11 is 0. The van der Waals surface area contributed by atoms with Gasteiger partial charge in [0.15, 0.2) is 11.5 Å². The molecule has 0 saturated carbocycles. The van der Waals surface area contributed by atoms with Crippen LogP contribution in [0, 0.1) is 0 Å². The summed E-state index contributed by atoms with van der Waals surface area (Å²) in [6, 6.07) is 2.33. The molecule has 0 N–H and O–H groups in total. The van der Waals surface area contributed by atoms with Gasteiger partial charge in [0.05, 0.1) is 19.3 Å². The van der Waals surface area contributed by atoms with E-state index >= 15 is 0 Å². The highest BCUT2D eigenvalue weighted by molar-refractivity contribution is 5.39. The molecular formula is C14H18F3N3O2. The molecule has 2 aliphatic rings. The maximum absolute atomic E-state index is 12.6. The molecule has 0 aromatic carbocycles. The lowest BCUT2D eigenvalue weighted by Gasteiger charge is -2.47. The predicted molar refractivity (Wildman–Crippen MR) is 72.6 cm³/mol. The second-order valence-electron chi connectivity index (χ2n) is 5.92. The molecule has 2 saturated heterocycles. The van der Waals surface area contributed by atoms with Crippen LogP contribution in [0.4, 0.5) is 19.0 Å². The van der Waals surface area contributed by atoms with Crippen LogP contribution in [0.5, 0.6) is 0 Å². The van der Waals surface area contributed by atoms with Gasteiger partial charge in [0.1, 0.15) is 5.60 Å². The molecule has 1 aromatic rings. The molecule has 0 bridgehead atoms. The second-order valence-corrected chi connectivity index (χ2v) is 5.92. The van der Waals surface area contributed by atoms with Crippen molar-refractivity contribution in [3.8, 4) is 0 Å².